The van der Waals surface area contributed by atoms with Crippen molar-refractivity contribution < 1.29 is 9.53 Å². The van der Waals surface area contributed by atoms with E-state index in [0.717, 1.165) is 18.8 Å². The van der Waals surface area contributed by atoms with Crippen molar-refractivity contribution in [3.05, 3.63) is 12.7 Å². The van der Waals surface area contributed by atoms with E-state index in [1.165, 1.54) is 18.9 Å². The first kappa shape index (κ1) is 16.4. The van der Waals surface area contributed by atoms with E-state index in [1.54, 1.807) is 0 Å². The maximum absolute atomic E-state index is 10.6. The summed E-state index contributed by atoms with van der Waals surface area (Å²) in [7, 11) is 0. The quantitative estimate of drug-likeness (QED) is 0.313. The summed E-state index contributed by atoms with van der Waals surface area (Å²) < 4.78 is 4.84. The number of rotatable bonds is 7. The maximum atomic E-state index is 10.6. The number of unbranched alkanes of at least 4 members (excludes halogenated alkanes) is 2. The summed E-state index contributed by atoms with van der Waals surface area (Å²) in [4.78, 5) is 10.6. The van der Waals surface area contributed by atoms with Crippen LogP contribution in [0.2, 0.25) is 0 Å². The summed E-state index contributed by atoms with van der Waals surface area (Å²) in [5.41, 5.74) is 0. The van der Waals surface area contributed by atoms with Crippen LogP contribution in [-0.4, -0.2) is 36.5 Å². The fourth-order valence-electron chi connectivity index (χ4n) is 1.06. The van der Waals surface area contributed by atoms with Gasteiger partial charge in [0.2, 0.25) is 0 Å². The summed E-state index contributed by atoms with van der Waals surface area (Å²) in [6.45, 7) is 8.29. The number of ether oxygens (including phenoxy) is 1. The first-order chi connectivity index (χ1) is 6.16. The molecule has 0 saturated heterocycles. The molecule has 80 valence electrons. The second-order valence-electron chi connectivity index (χ2n) is 3.61. The van der Waals surface area contributed by atoms with Gasteiger partial charge in [-0.25, -0.2) is 4.79 Å². The Bertz CT molecular complexity index is 155. The van der Waals surface area contributed by atoms with Gasteiger partial charge in [0.15, 0.2) is 0 Å². The fraction of sp³-hybridized carbons (Fsp3) is 0.727. The van der Waals surface area contributed by atoms with Crippen LogP contribution in [0.3, 0.4) is 0 Å². The SMILES string of the molecule is C=CC(=O)OCCCCCC(C)C.[Sn]. The van der Waals surface area contributed by atoms with Gasteiger partial charge in [-0.05, 0) is 12.3 Å². The number of hydrogen-bond donors (Lipinski definition) is 0. The van der Waals surface area contributed by atoms with Gasteiger partial charge in [0.1, 0.15) is 0 Å². The van der Waals surface area contributed by atoms with E-state index in [1.807, 2.05) is 0 Å². The van der Waals surface area contributed by atoms with Crippen molar-refractivity contribution in [2.75, 3.05) is 6.61 Å². The van der Waals surface area contributed by atoms with Crippen LogP contribution in [0.4, 0.5) is 0 Å². The molecule has 0 N–H and O–H groups in total. The molecule has 14 heavy (non-hydrogen) atoms. The Morgan fingerprint density at radius 2 is 2.00 bits per heavy atom. The monoisotopic (exact) mass is 304 g/mol. The minimum atomic E-state index is -0.316. The zero-order valence-electron chi connectivity index (χ0n) is 9.21. The zero-order valence-corrected chi connectivity index (χ0v) is 12.1. The molecule has 4 radical (unpaired) electrons. The summed E-state index contributed by atoms with van der Waals surface area (Å²) >= 11 is 0. The third-order valence-corrected chi connectivity index (χ3v) is 1.84. The second kappa shape index (κ2) is 11.1. The van der Waals surface area contributed by atoms with E-state index in [-0.39, 0.29) is 29.9 Å². The maximum Gasteiger partial charge on any atom is 0.330 e. The van der Waals surface area contributed by atoms with Gasteiger partial charge in [-0.15, -0.1) is 0 Å². The van der Waals surface area contributed by atoms with Crippen molar-refractivity contribution in [3.63, 3.8) is 0 Å². The smallest absolute Gasteiger partial charge is 0.330 e. The van der Waals surface area contributed by atoms with Crippen LogP contribution in [0.15, 0.2) is 12.7 Å². The minimum Gasteiger partial charge on any atom is -0.463 e. The molecule has 0 aliphatic carbocycles. The predicted octanol–water partition coefficient (Wildman–Crippen LogP) is 2.55. The normalized spacial score (nSPS) is 9.36. The average Bonchev–Trinajstić information content (AvgIpc) is 2.10. The predicted molar refractivity (Wildman–Crippen MR) is 60.2 cm³/mol. The van der Waals surface area contributed by atoms with Gasteiger partial charge in [0.05, 0.1) is 6.61 Å². The van der Waals surface area contributed by atoms with E-state index in [0.29, 0.717) is 6.61 Å². The summed E-state index contributed by atoms with van der Waals surface area (Å²) in [5, 5.41) is 0. The van der Waals surface area contributed by atoms with E-state index in [2.05, 4.69) is 20.4 Å². The standard InChI is InChI=1S/C11H20O2.Sn/c1-4-11(12)13-9-7-5-6-8-10(2)3;/h4,10H,1,5-9H2,2-3H3;. The van der Waals surface area contributed by atoms with Crippen molar-refractivity contribution in [2.24, 2.45) is 5.92 Å². The Labute approximate surface area is 104 Å². The van der Waals surface area contributed by atoms with Crippen LogP contribution in [0.5, 0.6) is 0 Å². The molecule has 0 aliphatic rings. The van der Waals surface area contributed by atoms with E-state index in [9.17, 15) is 4.79 Å². The van der Waals surface area contributed by atoms with Crippen LogP contribution >= 0.6 is 0 Å². The van der Waals surface area contributed by atoms with E-state index >= 15 is 0 Å². The molecule has 0 saturated carbocycles. The van der Waals surface area contributed by atoms with Gasteiger partial charge >= 0.3 is 5.97 Å². The molecule has 0 amide bonds. The summed E-state index contributed by atoms with van der Waals surface area (Å²) in [6, 6.07) is 0. The van der Waals surface area contributed by atoms with Gasteiger partial charge in [0.25, 0.3) is 0 Å². The molecule has 0 aromatic carbocycles. The van der Waals surface area contributed by atoms with E-state index < -0.39 is 0 Å². The summed E-state index contributed by atoms with van der Waals surface area (Å²) in [6.07, 6.45) is 5.79. The molecule has 2 nitrogen and oxygen atoms in total. The molecule has 0 aromatic rings. The summed E-state index contributed by atoms with van der Waals surface area (Å²) in [5.74, 6) is 0.458. The van der Waals surface area contributed by atoms with Gasteiger partial charge in [0, 0.05) is 30.0 Å². The van der Waals surface area contributed by atoms with Gasteiger partial charge in [-0.3, -0.25) is 0 Å². The molecule has 3 heteroatoms. The largest absolute Gasteiger partial charge is 0.463 e. The molecule has 0 rings (SSSR count). The van der Waals surface area contributed by atoms with Gasteiger partial charge in [-0.1, -0.05) is 39.7 Å². The Morgan fingerprint density at radius 1 is 1.36 bits per heavy atom. The number of hydrogen-bond acceptors (Lipinski definition) is 2. The second-order valence-corrected chi connectivity index (χ2v) is 3.61. The fourth-order valence-corrected chi connectivity index (χ4v) is 1.06. The Hall–Kier alpha value is 0.00870. The third-order valence-electron chi connectivity index (χ3n) is 1.84. The first-order valence-electron chi connectivity index (χ1n) is 4.96. The van der Waals surface area contributed by atoms with E-state index in [4.69, 9.17) is 4.74 Å². The molecule has 0 aliphatic heterocycles. The van der Waals surface area contributed by atoms with Crippen molar-refractivity contribution in [3.8, 4) is 0 Å². The van der Waals surface area contributed by atoms with Gasteiger partial charge < -0.3 is 4.74 Å². The molecule has 0 atom stereocenters. The molecule has 0 bridgehead atoms. The number of carbonyl (C=O) groups excluding carboxylic acids is 1. The molecular formula is C11H20O2Sn. The molecular weight excluding hydrogens is 283 g/mol. The van der Waals surface area contributed by atoms with Gasteiger partial charge in [-0.2, -0.15) is 0 Å². The van der Waals surface area contributed by atoms with Crippen LogP contribution in [0, 0.1) is 5.92 Å². The Balaban J connectivity index is 0. The topological polar surface area (TPSA) is 26.3 Å². The average molecular weight is 303 g/mol. The molecule has 0 fully saturated rings. The van der Waals surface area contributed by atoms with Crippen molar-refractivity contribution in [1.82, 2.24) is 0 Å². The van der Waals surface area contributed by atoms with Crippen LogP contribution < -0.4 is 0 Å². The molecule has 0 spiro atoms. The number of esters is 1. The van der Waals surface area contributed by atoms with Crippen LogP contribution in [0.1, 0.15) is 39.5 Å². The molecule has 0 unspecified atom stereocenters. The van der Waals surface area contributed by atoms with Crippen molar-refractivity contribution in [2.45, 2.75) is 39.5 Å². The van der Waals surface area contributed by atoms with Crippen molar-refractivity contribution in [1.29, 1.82) is 0 Å². The van der Waals surface area contributed by atoms with Crippen LogP contribution in [0.25, 0.3) is 0 Å². The Morgan fingerprint density at radius 3 is 2.50 bits per heavy atom. The third kappa shape index (κ3) is 12.0. The minimum absolute atomic E-state index is 0. The zero-order chi connectivity index (χ0) is 10.1. The molecule has 0 heterocycles. The molecule has 0 aromatic heterocycles. The van der Waals surface area contributed by atoms with Crippen LogP contribution in [-0.2, 0) is 9.53 Å². The first-order valence-corrected chi connectivity index (χ1v) is 4.96. The number of carbonyl (C=O) groups is 1. The van der Waals surface area contributed by atoms with Crippen molar-refractivity contribution >= 4 is 29.9 Å². The Kier molecular flexibility index (Phi) is 13.0.